The van der Waals surface area contributed by atoms with Crippen molar-refractivity contribution in [3.63, 3.8) is 0 Å². The highest BCUT2D eigenvalue weighted by Gasteiger charge is 2.40. The SMILES string of the molecule is Cl.O=C(O)Cc1cnn(CC=C2CN(C(C(=O)C3CC3)c3ccccc3F)CCC2S)c1. The number of nitrogens with zero attached hydrogens (tertiary/aromatic N) is 3. The number of aliphatic carboxylic acids is 1. The van der Waals surface area contributed by atoms with Gasteiger partial charge in [-0.05, 0) is 30.9 Å². The van der Waals surface area contributed by atoms with Crippen molar-refractivity contribution in [2.75, 3.05) is 13.1 Å². The van der Waals surface area contributed by atoms with Crippen LogP contribution in [0.4, 0.5) is 4.39 Å². The van der Waals surface area contributed by atoms with Crippen LogP contribution in [-0.2, 0) is 22.6 Å². The summed E-state index contributed by atoms with van der Waals surface area (Å²) in [6, 6.07) is 5.97. The third-order valence-corrected chi connectivity index (χ3v) is 6.49. The van der Waals surface area contributed by atoms with Gasteiger partial charge < -0.3 is 5.11 Å². The highest BCUT2D eigenvalue weighted by Crippen LogP contribution is 2.39. The zero-order valence-corrected chi connectivity index (χ0v) is 19.3. The van der Waals surface area contributed by atoms with Crippen molar-refractivity contribution in [1.29, 1.82) is 0 Å². The van der Waals surface area contributed by atoms with Crippen LogP contribution in [0.3, 0.4) is 0 Å². The quantitative estimate of drug-likeness (QED) is 0.446. The number of piperidine rings is 1. The number of halogens is 2. The minimum Gasteiger partial charge on any atom is -0.481 e. The van der Waals surface area contributed by atoms with Crippen molar-refractivity contribution in [2.45, 2.75) is 43.5 Å². The van der Waals surface area contributed by atoms with Gasteiger partial charge in [0.15, 0.2) is 5.78 Å². The maximum atomic E-state index is 14.6. The largest absolute Gasteiger partial charge is 0.481 e. The van der Waals surface area contributed by atoms with E-state index >= 15 is 0 Å². The number of likely N-dealkylation sites (tertiary alicyclic amines) is 1. The summed E-state index contributed by atoms with van der Waals surface area (Å²) in [6.07, 6.45) is 7.77. The van der Waals surface area contributed by atoms with Gasteiger partial charge in [-0.25, -0.2) is 4.39 Å². The fraction of sp³-hybridized carbons (Fsp3) is 0.435. The number of thiol groups is 1. The molecule has 2 aromatic rings. The molecule has 2 atom stereocenters. The zero-order valence-electron chi connectivity index (χ0n) is 17.6. The summed E-state index contributed by atoms with van der Waals surface area (Å²) in [6.45, 7) is 1.70. The molecule has 172 valence electrons. The van der Waals surface area contributed by atoms with Crippen molar-refractivity contribution < 1.29 is 19.1 Å². The molecule has 1 aromatic heterocycles. The first kappa shape index (κ1) is 24.5. The van der Waals surface area contributed by atoms with Gasteiger partial charge in [-0.3, -0.25) is 19.2 Å². The monoisotopic (exact) mass is 479 g/mol. The molecule has 2 fully saturated rings. The summed E-state index contributed by atoms with van der Waals surface area (Å²) in [5.41, 5.74) is 2.16. The number of carboxylic acids is 1. The topological polar surface area (TPSA) is 75.4 Å². The van der Waals surface area contributed by atoms with Crippen molar-refractivity contribution in [3.05, 3.63) is 65.3 Å². The van der Waals surface area contributed by atoms with Crippen LogP contribution >= 0.6 is 25.0 Å². The summed E-state index contributed by atoms with van der Waals surface area (Å²) in [4.78, 5) is 26.0. The molecule has 6 nitrogen and oxygen atoms in total. The van der Waals surface area contributed by atoms with Gasteiger partial charge in [0.1, 0.15) is 5.82 Å². The Kier molecular flexibility index (Phi) is 8.14. The molecular formula is C23H27ClFN3O3S. The number of ketones is 1. The number of benzene rings is 1. The Morgan fingerprint density at radius 3 is 2.72 bits per heavy atom. The van der Waals surface area contributed by atoms with E-state index in [1.807, 2.05) is 6.08 Å². The normalized spacial score (nSPS) is 21.2. The number of rotatable bonds is 8. The van der Waals surface area contributed by atoms with Crippen LogP contribution in [0, 0.1) is 11.7 Å². The minimum absolute atomic E-state index is 0. The number of hydrogen-bond acceptors (Lipinski definition) is 5. The van der Waals surface area contributed by atoms with E-state index in [1.54, 1.807) is 35.3 Å². The maximum Gasteiger partial charge on any atom is 0.307 e. The zero-order chi connectivity index (χ0) is 22.0. The van der Waals surface area contributed by atoms with E-state index in [1.165, 1.54) is 6.07 Å². The summed E-state index contributed by atoms with van der Waals surface area (Å²) in [5, 5.41) is 13.2. The molecule has 9 heteroatoms. The first-order valence-electron chi connectivity index (χ1n) is 10.5. The van der Waals surface area contributed by atoms with Crippen LogP contribution in [0.1, 0.15) is 36.4 Å². The Morgan fingerprint density at radius 1 is 1.28 bits per heavy atom. The molecule has 2 aliphatic rings. The Balaban J connectivity index is 0.00000289. The fourth-order valence-electron chi connectivity index (χ4n) is 4.11. The molecule has 0 spiro atoms. The van der Waals surface area contributed by atoms with Crippen LogP contribution in [0.25, 0.3) is 0 Å². The lowest BCUT2D eigenvalue weighted by atomic mass is 9.93. The van der Waals surface area contributed by atoms with Crippen molar-refractivity contribution in [1.82, 2.24) is 14.7 Å². The number of aromatic nitrogens is 2. The molecule has 1 saturated carbocycles. The molecule has 1 aromatic carbocycles. The fourth-order valence-corrected chi connectivity index (χ4v) is 4.42. The number of Topliss-reactive ketones (excluding diaryl/α,β-unsaturated/α-hetero) is 1. The van der Waals surface area contributed by atoms with Crippen LogP contribution in [0.5, 0.6) is 0 Å². The second kappa shape index (κ2) is 10.6. The summed E-state index contributed by atoms with van der Waals surface area (Å²) >= 11 is 4.71. The van der Waals surface area contributed by atoms with Gasteiger partial charge in [0, 0.05) is 41.6 Å². The molecule has 0 radical (unpaired) electrons. The Labute approximate surface area is 198 Å². The number of carboxylic acid groups (broad SMARTS) is 1. The van der Waals surface area contributed by atoms with E-state index in [4.69, 9.17) is 17.7 Å². The van der Waals surface area contributed by atoms with Gasteiger partial charge in [-0.2, -0.15) is 17.7 Å². The van der Waals surface area contributed by atoms with E-state index in [9.17, 15) is 14.0 Å². The van der Waals surface area contributed by atoms with E-state index in [2.05, 4.69) is 10.00 Å². The molecule has 2 unspecified atom stereocenters. The van der Waals surface area contributed by atoms with Gasteiger partial charge in [0.2, 0.25) is 0 Å². The van der Waals surface area contributed by atoms with Crippen LogP contribution in [-0.4, -0.2) is 49.9 Å². The lowest BCUT2D eigenvalue weighted by Crippen LogP contribution is -2.42. The van der Waals surface area contributed by atoms with Crippen molar-refractivity contribution >= 4 is 36.8 Å². The predicted octanol–water partition coefficient (Wildman–Crippen LogP) is 3.72. The third kappa shape index (κ3) is 5.79. The summed E-state index contributed by atoms with van der Waals surface area (Å²) in [5.74, 6) is -1.10. The Hall–Kier alpha value is -2.16. The van der Waals surface area contributed by atoms with E-state index in [-0.39, 0.29) is 41.6 Å². The van der Waals surface area contributed by atoms with Gasteiger partial charge in [0.05, 0.1) is 25.2 Å². The number of carbonyl (C=O) groups is 2. The van der Waals surface area contributed by atoms with Crippen LogP contribution < -0.4 is 0 Å². The second-order valence-electron chi connectivity index (χ2n) is 8.30. The molecule has 0 bridgehead atoms. The number of allylic oxidation sites excluding steroid dienone is 1. The molecule has 1 saturated heterocycles. The molecule has 2 heterocycles. The lowest BCUT2D eigenvalue weighted by molar-refractivity contribution is -0.136. The Bertz CT molecular complexity index is 1010. The number of carbonyl (C=O) groups excluding carboxylic acids is 1. The first-order chi connectivity index (χ1) is 14.9. The second-order valence-corrected chi connectivity index (χ2v) is 8.92. The minimum atomic E-state index is -0.893. The average Bonchev–Trinajstić information content (AvgIpc) is 3.50. The molecule has 32 heavy (non-hydrogen) atoms. The molecule has 4 rings (SSSR count). The number of hydrogen-bond donors (Lipinski definition) is 2. The Morgan fingerprint density at radius 2 is 2.03 bits per heavy atom. The molecule has 1 aliphatic heterocycles. The standard InChI is InChI=1S/C23H26FN3O3S.ClH/c24-19-4-2-1-3-18(19)22(23(30)16-5-6-16)26-9-8-20(31)17(14-26)7-10-27-13-15(12-25-27)11-21(28)29;/h1-4,7,12-13,16,20,22,31H,5-6,8-11,14H2,(H,28,29);1H. The molecular weight excluding hydrogens is 453 g/mol. The van der Waals surface area contributed by atoms with E-state index in [0.29, 0.717) is 30.8 Å². The van der Waals surface area contributed by atoms with E-state index in [0.717, 1.165) is 24.8 Å². The average molecular weight is 480 g/mol. The summed E-state index contributed by atoms with van der Waals surface area (Å²) in [7, 11) is 0. The highest BCUT2D eigenvalue weighted by atomic mass is 35.5. The van der Waals surface area contributed by atoms with Crippen LogP contribution in [0.15, 0.2) is 48.3 Å². The van der Waals surface area contributed by atoms with Crippen LogP contribution in [0.2, 0.25) is 0 Å². The molecule has 1 aliphatic carbocycles. The third-order valence-electron chi connectivity index (χ3n) is 5.90. The van der Waals surface area contributed by atoms with Gasteiger partial charge in [-0.1, -0.05) is 24.3 Å². The predicted molar refractivity (Wildman–Crippen MR) is 125 cm³/mol. The lowest BCUT2D eigenvalue weighted by Gasteiger charge is -2.37. The van der Waals surface area contributed by atoms with Gasteiger partial charge in [-0.15, -0.1) is 12.4 Å². The molecule has 1 N–H and O–H groups in total. The van der Waals surface area contributed by atoms with E-state index < -0.39 is 12.0 Å². The molecule has 0 amide bonds. The van der Waals surface area contributed by atoms with Gasteiger partial charge >= 0.3 is 5.97 Å². The smallest absolute Gasteiger partial charge is 0.307 e. The van der Waals surface area contributed by atoms with Crippen molar-refractivity contribution in [2.24, 2.45) is 5.92 Å². The van der Waals surface area contributed by atoms with Crippen molar-refractivity contribution in [3.8, 4) is 0 Å². The summed E-state index contributed by atoms with van der Waals surface area (Å²) < 4.78 is 16.3. The highest BCUT2D eigenvalue weighted by molar-refractivity contribution is 7.81. The first-order valence-corrected chi connectivity index (χ1v) is 11.1. The van der Waals surface area contributed by atoms with Gasteiger partial charge in [0.25, 0.3) is 0 Å². The maximum absolute atomic E-state index is 14.6.